The smallest absolute Gasteiger partial charge is 0.123 e. The summed E-state index contributed by atoms with van der Waals surface area (Å²) in [5.74, 6) is 0.933. The Hall–Kier alpha value is -1.06. The fraction of sp³-hybridized carbons (Fsp3) is 0.571. The first-order valence-electron chi connectivity index (χ1n) is 6.36. The minimum absolute atomic E-state index is 0.254. The quantitative estimate of drug-likeness (QED) is 0.728. The van der Waals surface area contributed by atoms with E-state index in [2.05, 4.69) is 18.3 Å². The van der Waals surface area contributed by atoms with Gasteiger partial charge >= 0.3 is 0 Å². The molecule has 0 amide bonds. The second-order valence-electron chi connectivity index (χ2n) is 4.35. The van der Waals surface area contributed by atoms with E-state index in [1.165, 1.54) is 18.4 Å². The van der Waals surface area contributed by atoms with Gasteiger partial charge in [0, 0.05) is 24.7 Å². The zero-order valence-corrected chi connectivity index (χ0v) is 10.9. The number of rotatable bonds is 8. The molecule has 1 atom stereocenters. The molecule has 1 aromatic carbocycles. The summed E-state index contributed by atoms with van der Waals surface area (Å²) < 4.78 is 5.30. The van der Waals surface area contributed by atoms with Crippen LogP contribution in [-0.4, -0.2) is 19.7 Å². The Bertz CT molecular complexity index is 315. The van der Waals surface area contributed by atoms with Gasteiger partial charge < -0.3 is 15.8 Å². The van der Waals surface area contributed by atoms with Crippen LogP contribution in [-0.2, 0) is 6.54 Å². The van der Waals surface area contributed by atoms with E-state index in [0.717, 1.165) is 25.3 Å². The first kappa shape index (κ1) is 14.0. The Labute approximate surface area is 104 Å². The van der Waals surface area contributed by atoms with Gasteiger partial charge in [-0.05, 0) is 12.5 Å². The maximum absolute atomic E-state index is 6.00. The summed E-state index contributed by atoms with van der Waals surface area (Å²) in [6.07, 6.45) is 3.51. The molecule has 3 nitrogen and oxygen atoms in total. The molecule has 0 bridgehead atoms. The first-order valence-corrected chi connectivity index (χ1v) is 6.36. The number of hydrogen-bond donors (Lipinski definition) is 2. The van der Waals surface area contributed by atoms with E-state index < -0.39 is 0 Å². The van der Waals surface area contributed by atoms with Gasteiger partial charge in [0.25, 0.3) is 0 Å². The maximum Gasteiger partial charge on any atom is 0.123 e. The Balaban J connectivity index is 2.30. The summed E-state index contributed by atoms with van der Waals surface area (Å²) in [7, 11) is 1.70. The van der Waals surface area contributed by atoms with Crippen molar-refractivity contribution in [3.63, 3.8) is 0 Å². The number of ether oxygens (including phenoxy) is 1. The molecule has 17 heavy (non-hydrogen) atoms. The number of benzene rings is 1. The monoisotopic (exact) mass is 236 g/mol. The standard InChI is InChI=1S/C14H24N2O/c1-3-4-8-13(15)11-16-10-12-7-5-6-9-14(12)17-2/h5-7,9,13,16H,3-4,8,10-11,15H2,1-2H3. The Kier molecular flexibility index (Phi) is 6.67. The summed E-state index contributed by atoms with van der Waals surface area (Å²) in [4.78, 5) is 0. The molecule has 0 aliphatic heterocycles. The van der Waals surface area contributed by atoms with Crippen molar-refractivity contribution in [1.82, 2.24) is 5.32 Å². The zero-order valence-electron chi connectivity index (χ0n) is 10.9. The molecule has 1 unspecified atom stereocenters. The average molecular weight is 236 g/mol. The van der Waals surface area contributed by atoms with E-state index in [4.69, 9.17) is 10.5 Å². The lowest BCUT2D eigenvalue weighted by Crippen LogP contribution is -2.33. The number of nitrogens with two attached hydrogens (primary N) is 1. The van der Waals surface area contributed by atoms with Crippen LogP contribution in [0.4, 0.5) is 0 Å². The van der Waals surface area contributed by atoms with E-state index >= 15 is 0 Å². The number of hydrogen-bond acceptors (Lipinski definition) is 3. The highest BCUT2D eigenvalue weighted by atomic mass is 16.5. The summed E-state index contributed by atoms with van der Waals surface area (Å²) in [6, 6.07) is 8.31. The molecular formula is C14H24N2O. The summed E-state index contributed by atoms with van der Waals surface area (Å²) in [5, 5.41) is 3.38. The highest BCUT2D eigenvalue weighted by Gasteiger charge is 2.03. The van der Waals surface area contributed by atoms with Crippen LogP contribution in [0, 0.1) is 0 Å². The van der Waals surface area contributed by atoms with Gasteiger partial charge in [0.2, 0.25) is 0 Å². The van der Waals surface area contributed by atoms with E-state index in [-0.39, 0.29) is 6.04 Å². The van der Waals surface area contributed by atoms with Crippen LogP contribution >= 0.6 is 0 Å². The number of methoxy groups -OCH3 is 1. The Morgan fingerprint density at radius 2 is 2.12 bits per heavy atom. The van der Waals surface area contributed by atoms with Gasteiger partial charge in [-0.1, -0.05) is 38.0 Å². The van der Waals surface area contributed by atoms with Gasteiger partial charge in [0.15, 0.2) is 0 Å². The molecule has 1 aromatic rings. The molecule has 0 aliphatic rings. The van der Waals surface area contributed by atoms with Gasteiger partial charge in [-0.3, -0.25) is 0 Å². The third kappa shape index (κ3) is 5.20. The molecule has 0 spiro atoms. The largest absolute Gasteiger partial charge is 0.496 e. The highest BCUT2D eigenvalue weighted by Crippen LogP contribution is 2.16. The van der Waals surface area contributed by atoms with Gasteiger partial charge in [-0.25, -0.2) is 0 Å². The van der Waals surface area contributed by atoms with Crippen molar-refractivity contribution >= 4 is 0 Å². The van der Waals surface area contributed by atoms with Crippen molar-refractivity contribution in [3.8, 4) is 5.75 Å². The lowest BCUT2D eigenvalue weighted by molar-refractivity contribution is 0.406. The van der Waals surface area contributed by atoms with Crippen molar-refractivity contribution in [2.75, 3.05) is 13.7 Å². The topological polar surface area (TPSA) is 47.3 Å². The molecule has 0 saturated carbocycles. The molecule has 3 heteroatoms. The van der Waals surface area contributed by atoms with Crippen LogP contribution in [0.25, 0.3) is 0 Å². The molecule has 96 valence electrons. The highest BCUT2D eigenvalue weighted by molar-refractivity contribution is 5.32. The SMILES string of the molecule is CCCCC(N)CNCc1ccccc1OC. The van der Waals surface area contributed by atoms with Gasteiger partial charge in [0.1, 0.15) is 5.75 Å². The molecule has 0 saturated heterocycles. The first-order chi connectivity index (χ1) is 8.27. The van der Waals surface area contributed by atoms with Crippen molar-refractivity contribution in [3.05, 3.63) is 29.8 Å². The number of para-hydroxylation sites is 1. The molecule has 0 heterocycles. The van der Waals surface area contributed by atoms with Crippen LogP contribution in [0.15, 0.2) is 24.3 Å². The van der Waals surface area contributed by atoms with Crippen molar-refractivity contribution in [2.24, 2.45) is 5.73 Å². The van der Waals surface area contributed by atoms with E-state index in [9.17, 15) is 0 Å². The summed E-state index contributed by atoms with van der Waals surface area (Å²) >= 11 is 0. The molecule has 3 N–H and O–H groups in total. The molecule has 0 aromatic heterocycles. The zero-order chi connectivity index (χ0) is 12.5. The third-order valence-corrected chi connectivity index (χ3v) is 2.84. The van der Waals surface area contributed by atoms with Crippen LogP contribution in [0.5, 0.6) is 5.75 Å². The van der Waals surface area contributed by atoms with Gasteiger partial charge in [-0.15, -0.1) is 0 Å². The van der Waals surface area contributed by atoms with Crippen LogP contribution in [0.1, 0.15) is 31.7 Å². The molecule has 0 fully saturated rings. The van der Waals surface area contributed by atoms with E-state index in [1.807, 2.05) is 18.2 Å². The third-order valence-electron chi connectivity index (χ3n) is 2.84. The predicted octanol–water partition coefficient (Wildman–Crippen LogP) is 2.30. The lowest BCUT2D eigenvalue weighted by atomic mass is 10.1. The second-order valence-corrected chi connectivity index (χ2v) is 4.35. The lowest BCUT2D eigenvalue weighted by Gasteiger charge is -2.13. The van der Waals surface area contributed by atoms with E-state index in [1.54, 1.807) is 7.11 Å². The van der Waals surface area contributed by atoms with Crippen LogP contribution in [0.3, 0.4) is 0 Å². The van der Waals surface area contributed by atoms with E-state index in [0.29, 0.717) is 0 Å². The second kappa shape index (κ2) is 8.09. The predicted molar refractivity (Wildman–Crippen MR) is 72.2 cm³/mol. The molecular weight excluding hydrogens is 212 g/mol. The normalized spacial score (nSPS) is 12.4. The maximum atomic E-state index is 6.00. The van der Waals surface area contributed by atoms with Crippen molar-refractivity contribution in [2.45, 2.75) is 38.8 Å². The minimum atomic E-state index is 0.254. The van der Waals surface area contributed by atoms with Crippen LogP contribution < -0.4 is 15.8 Å². The molecule has 0 radical (unpaired) electrons. The van der Waals surface area contributed by atoms with Crippen molar-refractivity contribution in [1.29, 1.82) is 0 Å². The number of nitrogens with one attached hydrogen (secondary N) is 1. The van der Waals surface area contributed by atoms with Crippen LogP contribution in [0.2, 0.25) is 0 Å². The van der Waals surface area contributed by atoms with Gasteiger partial charge in [0.05, 0.1) is 7.11 Å². The van der Waals surface area contributed by atoms with Gasteiger partial charge in [-0.2, -0.15) is 0 Å². The fourth-order valence-electron chi connectivity index (χ4n) is 1.81. The summed E-state index contributed by atoms with van der Waals surface area (Å²) in [6.45, 7) is 3.86. The fourth-order valence-corrected chi connectivity index (χ4v) is 1.81. The molecule has 0 aliphatic carbocycles. The summed E-state index contributed by atoms with van der Waals surface area (Å²) in [5.41, 5.74) is 7.18. The Morgan fingerprint density at radius 1 is 1.35 bits per heavy atom. The minimum Gasteiger partial charge on any atom is -0.496 e. The Morgan fingerprint density at radius 3 is 2.82 bits per heavy atom. The molecule has 1 rings (SSSR count). The average Bonchev–Trinajstić information content (AvgIpc) is 2.37. The van der Waals surface area contributed by atoms with Crippen molar-refractivity contribution < 1.29 is 4.74 Å². The number of unbranched alkanes of at least 4 members (excludes halogenated alkanes) is 1.